The second kappa shape index (κ2) is 21.6. The molecule has 4 aromatic rings. The van der Waals surface area contributed by atoms with Gasteiger partial charge in [-0.25, -0.2) is 9.59 Å². The molecule has 0 aromatic heterocycles. The van der Waals surface area contributed by atoms with E-state index in [0.717, 1.165) is 35.9 Å². The van der Waals surface area contributed by atoms with Gasteiger partial charge in [-0.15, -0.1) is 11.6 Å². The normalized spacial score (nSPS) is 11.6. The van der Waals surface area contributed by atoms with Crippen molar-refractivity contribution in [1.82, 2.24) is 0 Å². The first kappa shape index (κ1) is 46.0. The highest BCUT2D eigenvalue weighted by Gasteiger charge is 2.32. The Labute approximate surface area is 325 Å². The minimum Gasteiger partial charge on any atom is -0.506 e. The van der Waals surface area contributed by atoms with E-state index in [1.54, 1.807) is 36.4 Å². The molecule has 4 rings (SSSR count). The van der Waals surface area contributed by atoms with Gasteiger partial charge in [-0.2, -0.15) is 26.3 Å². The minimum atomic E-state index is -4.50. The number of phenolic OH excluding ortho intramolecular Hbond substituents is 1. The van der Waals surface area contributed by atoms with Crippen molar-refractivity contribution >= 4 is 58.2 Å². The number of phenols is 1. The van der Waals surface area contributed by atoms with E-state index in [4.69, 9.17) is 44.6 Å². The van der Waals surface area contributed by atoms with Crippen molar-refractivity contribution in [3.8, 4) is 11.5 Å². The fraction of sp³-hybridized carbons (Fsp3) is 0.222. The van der Waals surface area contributed by atoms with E-state index in [0.29, 0.717) is 22.8 Å². The van der Waals surface area contributed by atoms with Gasteiger partial charge in [-0.1, -0.05) is 82.0 Å². The maximum Gasteiger partial charge on any atom is 0.416 e. The van der Waals surface area contributed by atoms with Crippen LogP contribution in [0.25, 0.3) is 0 Å². The Balaban J connectivity index is 0.000000315. The van der Waals surface area contributed by atoms with Gasteiger partial charge >= 0.3 is 24.3 Å². The topological polar surface area (TPSA) is 125 Å². The lowest BCUT2D eigenvalue weighted by molar-refractivity contribution is -0.138. The molecule has 0 bridgehead atoms. The van der Waals surface area contributed by atoms with Gasteiger partial charge in [-0.3, -0.25) is 0 Å². The van der Waals surface area contributed by atoms with Crippen molar-refractivity contribution in [3.63, 3.8) is 0 Å². The number of esters is 2. The van der Waals surface area contributed by atoms with Crippen molar-refractivity contribution in [2.45, 2.75) is 24.8 Å². The maximum absolute atomic E-state index is 12.7. The van der Waals surface area contributed by atoms with Crippen LogP contribution in [0.4, 0.5) is 26.3 Å². The van der Waals surface area contributed by atoms with Gasteiger partial charge in [0.1, 0.15) is 32.3 Å². The van der Waals surface area contributed by atoms with Crippen molar-refractivity contribution < 1.29 is 64.9 Å². The van der Waals surface area contributed by atoms with Gasteiger partial charge < -0.3 is 29.0 Å². The molecule has 0 heterocycles. The largest absolute Gasteiger partial charge is 0.506 e. The molecule has 0 saturated heterocycles. The highest BCUT2D eigenvalue weighted by Crippen LogP contribution is 2.36. The number of nitrogens with zero attached hydrogens (tertiary/aromatic N) is 2. The van der Waals surface area contributed by atoms with E-state index in [2.05, 4.69) is 29.5 Å². The molecule has 0 atom stereocenters. The number of halogens is 9. The molecule has 0 unspecified atom stereocenters. The third kappa shape index (κ3) is 13.9. The predicted octanol–water partition coefficient (Wildman–Crippen LogP) is 9.47. The van der Waals surface area contributed by atoms with Gasteiger partial charge in [0.15, 0.2) is 11.4 Å². The van der Waals surface area contributed by atoms with E-state index in [1.807, 2.05) is 12.1 Å². The maximum atomic E-state index is 12.7. The Morgan fingerprint density at radius 1 is 0.655 bits per heavy atom. The molecule has 0 fully saturated rings. The SMILES string of the molecule is CO/N=C(/C(=O)OC)c1ccccc1CCl.CO/N=C(/C(=O)OC)c1ccccc1COc1ccc(C(F)(F)F)cc1Cl.Oc1ccc(C(F)(F)F)cc1Cl. The molecule has 0 saturated carbocycles. The van der Waals surface area contributed by atoms with E-state index in [1.165, 1.54) is 28.4 Å². The predicted molar refractivity (Wildman–Crippen MR) is 192 cm³/mol. The van der Waals surface area contributed by atoms with Gasteiger partial charge in [0.05, 0.1) is 35.4 Å². The molecule has 0 aliphatic carbocycles. The highest BCUT2D eigenvalue weighted by molar-refractivity contribution is 6.44. The number of benzene rings is 4. The third-order valence-electron chi connectivity index (χ3n) is 6.73. The smallest absolute Gasteiger partial charge is 0.416 e. The van der Waals surface area contributed by atoms with Crippen LogP contribution in [-0.2, 0) is 53.6 Å². The number of oxime groups is 2. The number of hydrogen-bond acceptors (Lipinski definition) is 10. The number of ether oxygens (including phenoxy) is 3. The zero-order valence-electron chi connectivity index (χ0n) is 29.1. The lowest BCUT2D eigenvalue weighted by Gasteiger charge is -2.13. The molecule has 296 valence electrons. The molecular formula is C36H31Cl3F6N2O8. The molecule has 0 aliphatic rings. The lowest BCUT2D eigenvalue weighted by Crippen LogP contribution is -2.19. The fourth-order valence-corrected chi connectivity index (χ4v) is 4.80. The van der Waals surface area contributed by atoms with Crippen LogP contribution in [0.5, 0.6) is 11.5 Å². The van der Waals surface area contributed by atoms with E-state index < -0.39 is 35.4 Å². The second-order valence-electron chi connectivity index (χ2n) is 10.3. The summed E-state index contributed by atoms with van der Waals surface area (Å²) in [5.41, 5.74) is 0.644. The van der Waals surface area contributed by atoms with Crippen molar-refractivity contribution in [2.75, 3.05) is 28.4 Å². The molecular weight excluding hydrogens is 809 g/mol. The number of carbonyl (C=O) groups is 2. The first-order valence-corrected chi connectivity index (χ1v) is 16.4. The summed E-state index contributed by atoms with van der Waals surface area (Å²) in [5.74, 6) is -1.26. The van der Waals surface area contributed by atoms with Crippen LogP contribution < -0.4 is 4.74 Å². The Bertz CT molecular complexity index is 1970. The molecule has 0 radical (unpaired) electrons. The summed E-state index contributed by atoms with van der Waals surface area (Å²) in [6, 6.07) is 19.0. The van der Waals surface area contributed by atoms with Gasteiger partial charge in [0.25, 0.3) is 0 Å². The number of carbonyl (C=O) groups excluding carboxylic acids is 2. The van der Waals surface area contributed by atoms with Gasteiger partial charge in [0, 0.05) is 17.0 Å². The average molecular weight is 840 g/mol. The number of rotatable bonds is 10. The molecule has 0 aliphatic heterocycles. The number of aromatic hydroxyl groups is 1. The summed E-state index contributed by atoms with van der Waals surface area (Å²) in [4.78, 5) is 32.7. The second-order valence-corrected chi connectivity index (χ2v) is 11.4. The monoisotopic (exact) mass is 838 g/mol. The van der Waals surface area contributed by atoms with Gasteiger partial charge in [0.2, 0.25) is 0 Å². The van der Waals surface area contributed by atoms with Crippen LogP contribution in [0.15, 0.2) is 95.2 Å². The highest BCUT2D eigenvalue weighted by atomic mass is 35.5. The van der Waals surface area contributed by atoms with Crippen LogP contribution >= 0.6 is 34.8 Å². The Hall–Kier alpha value is -5.19. The number of alkyl halides is 7. The summed E-state index contributed by atoms with van der Waals surface area (Å²) in [7, 11) is 5.14. The quantitative estimate of drug-likeness (QED) is 0.0551. The van der Waals surface area contributed by atoms with Crippen LogP contribution in [0.3, 0.4) is 0 Å². The van der Waals surface area contributed by atoms with Crippen molar-refractivity contribution in [2.24, 2.45) is 10.3 Å². The Morgan fingerprint density at radius 3 is 1.51 bits per heavy atom. The van der Waals surface area contributed by atoms with E-state index in [-0.39, 0.29) is 45.5 Å². The molecule has 55 heavy (non-hydrogen) atoms. The van der Waals surface area contributed by atoms with Crippen LogP contribution in [0, 0.1) is 0 Å². The van der Waals surface area contributed by atoms with E-state index >= 15 is 0 Å². The van der Waals surface area contributed by atoms with E-state index in [9.17, 15) is 35.9 Å². The molecule has 1 N–H and O–H groups in total. The summed E-state index contributed by atoms with van der Waals surface area (Å²) in [6.07, 6.45) is -8.92. The third-order valence-corrected chi connectivity index (χ3v) is 7.62. The molecule has 19 heteroatoms. The van der Waals surface area contributed by atoms with Gasteiger partial charge in [-0.05, 0) is 47.5 Å². The summed E-state index contributed by atoms with van der Waals surface area (Å²) >= 11 is 16.9. The number of methoxy groups -OCH3 is 2. The standard InChI is InChI=1S/C18H15ClF3NO4.C11H12ClNO3.C7H4ClF3O/c1-25-17(24)16(23-26-2)13-6-4-3-5-11(13)10-27-15-8-7-12(9-14(15)19)18(20,21)22;1-15-11(14)10(13-16-2)9-6-4-3-5-8(9)7-12;8-5-3-4(7(9,10)11)1-2-6(5)12/h3-9H,10H2,1-2H3;3-6H,7H2,1-2H3;1-3,12H/b23-16+;13-10+;. The molecule has 10 nitrogen and oxygen atoms in total. The number of hydrogen-bond donors (Lipinski definition) is 1. The summed E-state index contributed by atoms with van der Waals surface area (Å²) in [5, 5.41) is 15.7. The molecule has 4 aromatic carbocycles. The summed E-state index contributed by atoms with van der Waals surface area (Å²) in [6.45, 7) is -0.0685. The minimum absolute atomic E-state index is 0.0685. The van der Waals surface area contributed by atoms with Crippen LogP contribution in [0.1, 0.15) is 33.4 Å². The first-order chi connectivity index (χ1) is 25.9. The molecule has 0 amide bonds. The zero-order valence-corrected chi connectivity index (χ0v) is 31.4. The first-order valence-electron chi connectivity index (χ1n) is 15.1. The zero-order chi connectivity index (χ0) is 41.3. The Morgan fingerprint density at radius 2 is 1.09 bits per heavy atom. The lowest BCUT2D eigenvalue weighted by atomic mass is 10.0. The molecule has 0 spiro atoms. The summed E-state index contributed by atoms with van der Waals surface area (Å²) < 4.78 is 88.8. The van der Waals surface area contributed by atoms with Crippen molar-refractivity contribution in [1.29, 1.82) is 0 Å². The fourth-order valence-electron chi connectivity index (χ4n) is 4.15. The van der Waals surface area contributed by atoms with Crippen molar-refractivity contribution in [3.05, 3.63) is 128 Å². The van der Waals surface area contributed by atoms with Crippen LogP contribution in [0.2, 0.25) is 10.0 Å². The Kier molecular flexibility index (Phi) is 18.1. The van der Waals surface area contributed by atoms with Crippen LogP contribution in [-0.4, -0.2) is 56.9 Å². The average Bonchev–Trinajstić information content (AvgIpc) is 3.16.